The summed E-state index contributed by atoms with van der Waals surface area (Å²) in [7, 11) is 0. The van der Waals surface area contributed by atoms with Gasteiger partial charge in [-0.2, -0.15) is 0 Å². The van der Waals surface area contributed by atoms with Crippen LogP contribution in [0.15, 0.2) is 18.2 Å². The molecule has 0 saturated heterocycles. The highest BCUT2D eigenvalue weighted by Gasteiger charge is 2.00. The van der Waals surface area contributed by atoms with Gasteiger partial charge in [-0.15, -0.1) is 0 Å². The van der Waals surface area contributed by atoms with E-state index >= 15 is 0 Å². The number of rotatable bonds is 2. The van der Waals surface area contributed by atoms with Gasteiger partial charge in [0.2, 0.25) is 0 Å². The summed E-state index contributed by atoms with van der Waals surface area (Å²) in [4.78, 5) is 11.1. The van der Waals surface area contributed by atoms with Gasteiger partial charge in [-0.05, 0) is 18.2 Å². The van der Waals surface area contributed by atoms with Crippen molar-refractivity contribution < 1.29 is 4.79 Å². The Balaban J connectivity index is 2.90. The second-order valence-electron chi connectivity index (χ2n) is 2.20. The molecule has 0 atom stereocenters. The van der Waals surface area contributed by atoms with E-state index in [0.717, 1.165) is 0 Å². The van der Waals surface area contributed by atoms with Gasteiger partial charge in [0, 0.05) is 23.1 Å². The average molecular weight is 168 g/mol. The molecule has 1 aromatic rings. The van der Waals surface area contributed by atoms with Crippen LogP contribution >= 0.6 is 11.6 Å². The van der Waals surface area contributed by atoms with Crippen LogP contribution in [0, 0.1) is 6.07 Å². The average Bonchev–Trinajstić information content (AvgIpc) is 2.05. The van der Waals surface area contributed by atoms with Crippen LogP contribution < -0.4 is 0 Å². The molecule has 0 aliphatic carbocycles. The molecule has 1 aromatic carbocycles. The van der Waals surface area contributed by atoms with Crippen molar-refractivity contribution >= 4 is 17.4 Å². The van der Waals surface area contributed by atoms with Crippen LogP contribution in [0.5, 0.6) is 0 Å². The van der Waals surface area contributed by atoms with Gasteiger partial charge in [0.05, 0.1) is 0 Å². The third-order valence-corrected chi connectivity index (χ3v) is 1.65. The van der Waals surface area contributed by atoms with E-state index in [2.05, 4.69) is 6.07 Å². The van der Waals surface area contributed by atoms with Crippen LogP contribution in [0.1, 0.15) is 23.7 Å². The van der Waals surface area contributed by atoms with Crippen molar-refractivity contribution in [2.75, 3.05) is 0 Å². The van der Waals surface area contributed by atoms with Crippen molar-refractivity contribution in [3.05, 3.63) is 34.9 Å². The molecule has 1 rings (SSSR count). The number of hydrogen-bond donors (Lipinski definition) is 0. The van der Waals surface area contributed by atoms with Gasteiger partial charge in [-0.25, -0.2) is 0 Å². The Kier molecular flexibility index (Phi) is 2.66. The zero-order valence-corrected chi connectivity index (χ0v) is 6.98. The molecule has 0 spiro atoms. The molecule has 0 unspecified atom stereocenters. The molecule has 0 bridgehead atoms. The van der Waals surface area contributed by atoms with Crippen LogP contribution in [0.3, 0.4) is 0 Å². The van der Waals surface area contributed by atoms with Gasteiger partial charge in [0.15, 0.2) is 5.78 Å². The summed E-state index contributed by atoms with van der Waals surface area (Å²) in [6, 6.07) is 7.76. The largest absolute Gasteiger partial charge is 0.294 e. The van der Waals surface area contributed by atoms with Crippen LogP contribution in [0.2, 0.25) is 5.02 Å². The van der Waals surface area contributed by atoms with E-state index in [1.54, 1.807) is 18.2 Å². The molecule has 0 amide bonds. The first-order chi connectivity index (χ1) is 5.24. The molecule has 11 heavy (non-hydrogen) atoms. The first-order valence-electron chi connectivity index (χ1n) is 3.44. The van der Waals surface area contributed by atoms with E-state index < -0.39 is 0 Å². The van der Waals surface area contributed by atoms with E-state index in [-0.39, 0.29) is 5.78 Å². The zero-order chi connectivity index (χ0) is 8.27. The lowest BCUT2D eigenvalue weighted by molar-refractivity contribution is 0.0988. The summed E-state index contributed by atoms with van der Waals surface area (Å²) in [6.07, 6.45) is 0.523. The molecular weight excluding hydrogens is 160 g/mol. The quantitative estimate of drug-likeness (QED) is 0.619. The molecule has 1 radical (unpaired) electrons. The third kappa shape index (κ3) is 2.05. The summed E-state index contributed by atoms with van der Waals surface area (Å²) in [5, 5.41) is 0.539. The van der Waals surface area contributed by atoms with Crippen molar-refractivity contribution in [3.63, 3.8) is 0 Å². The van der Waals surface area contributed by atoms with E-state index in [1.807, 2.05) is 6.92 Å². The van der Waals surface area contributed by atoms with Gasteiger partial charge in [-0.3, -0.25) is 4.79 Å². The Bertz CT molecular complexity index is 251. The van der Waals surface area contributed by atoms with Crippen molar-refractivity contribution in [1.82, 2.24) is 0 Å². The number of carbonyl (C=O) groups is 1. The summed E-state index contributed by atoms with van der Waals surface area (Å²) in [5.74, 6) is 0.123. The Morgan fingerprint density at radius 1 is 1.64 bits per heavy atom. The van der Waals surface area contributed by atoms with E-state index in [0.29, 0.717) is 17.0 Å². The molecule has 0 aliphatic rings. The summed E-state index contributed by atoms with van der Waals surface area (Å²) >= 11 is 5.59. The van der Waals surface area contributed by atoms with Gasteiger partial charge < -0.3 is 0 Å². The second-order valence-corrected chi connectivity index (χ2v) is 2.61. The van der Waals surface area contributed by atoms with E-state index in [4.69, 9.17) is 11.6 Å². The minimum atomic E-state index is 0.123. The van der Waals surface area contributed by atoms with Crippen molar-refractivity contribution in [2.45, 2.75) is 13.3 Å². The number of halogens is 1. The van der Waals surface area contributed by atoms with Crippen molar-refractivity contribution in [3.8, 4) is 0 Å². The van der Waals surface area contributed by atoms with Gasteiger partial charge >= 0.3 is 0 Å². The van der Waals surface area contributed by atoms with Gasteiger partial charge in [0.25, 0.3) is 0 Å². The van der Waals surface area contributed by atoms with Crippen LogP contribution in [0.25, 0.3) is 0 Å². The van der Waals surface area contributed by atoms with Crippen molar-refractivity contribution in [2.24, 2.45) is 0 Å². The molecule has 2 heteroatoms. The lowest BCUT2D eigenvalue weighted by Crippen LogP contribution is -1.94. The Morgan fingerprint density at radius 2 is 2.36 bits per heavy atom. The minimum absolute atomic E-state index is 0.123. The maximum atomic E-state index is 11.1. The highest BCUT2D eigenvalue weighted by Crippen LogP contribution is 2.09. The fraction of sp³-hybridized carbons (Fsp3) is 0.222. The van der Waals surface area contributed by atoms with Crippen molar-refractivity contribution in [1.29, 1.82) is 0 Å². The normalized spacial score (nSPS) is 9.64. The Labute approximate surface area is 71.0 Å². The van der Waals surface area contributed by atoms with Gasteiger partial charge in [0.1, 0.15) is 0 Å². The monoisotopic (exact) mass is 167 g/mol. The fourth-order valence-electron chi connectivity index (χ4n) is 0.783. The smallest absolute Gasteiger partial charge is 0.162 e. The van der Waals surface area contributed by atoms with Crippen LogP contribution in [-0.4, -0.2) is 5.78 Å². The topological polar surface area (TPSA) is 17.1 Å². The molecule has 1 nitrogen and oxygen atoms in total. The first kappa shape index (κ1) is 8.28. The molecule has 0 aliphatic heterocycles. The standard InChI is InChI=1S/C9H8ClO/c1-2-9(11)7-3-5-8(10)6-4-7/h3-5H,2H2,1H3. The maximum Gasteiger partial charge on any atom is 0.162 e. The molecule has 0 saturated carbocycles. The SMILES string of the molecule is CCC(=O)c1c[c]c(Cl)cc1. The predicted molar refractivity (Wildman–Crippen MR) is 44.9 cm³/mol. The molecule has 0 heterocycles. The molecule has 57 valence electrons. The Hall–Kier alpha value is -0.820. The zero-order valence-electron chi connectivity index (χ0n) is 6.23. The maximum absolute atomic E-state index is 11.1. The van der Waals surface area contributed by atoms with Gasteiger partial charge in [-0.1, -0.05) is 18.5 Å². The fourth-order valence-corrected chi connectivity index (χ4v) is 0.901. The van der Waals surface area contributed by atoms with Crippen LogP contribution in [0.4, 0.5) is 0 Å². The second kappa shape index (κ2) is 3.54. The van der Waals surface area contributed by atoms with E-state index in [1.165, 1.54) is 0 Å². The predicted octanol–water partition coefficient (Wildman–Crippen LogP) is 2.73. The highest BCUT2D eigenvalue weighted by molar-refractivity contribution is 6.30. The molecule has 0 N–H and O–H groups in total. The molecular formula is C9H8ClO. The minimum Gasteiger partial charge on any atom is -0.294 e. The number of carbonyl (C=O) groups excluding carboxylic acids is 1. The number of Topliss-reactive ketones (excluding diaryl/α,β-unsaturated/α-hetero) is 1. The number of hydrogen-bond acceptors (Lipinski definition) is 1. The highest BCUT2D eigenvalue weighted by atomic mass is 35.5. The van der Waals surface area contributed by atoms with E-state index in [9.17, 15) is 4.79 Å². The number of benzene rings is 1. The van der Waals surface area contributed by atoms with Crippen LogP contribution in [-0.2, 0) is 0 Å². The summed E-state index contributed by atoms with van der Waals surface area (Å²) < 4.78 is 0. The lowest BCUT2D eigenvalue weighted by Gasteiger charge is -1.95. The molecule has 0 fully saturated rings. The molecule has 0 aromatic heterocycles. The third-order valence-electron chi connectivity index (χ3n) is 1.42. The summed E-state index contributed by atoms with van der Waals surface area (Å²) in [6.45, 7) is 1.83. The summed E-state index contributed by atoms with van der Waals surface area (Å²) in [5.41, 5.74) is 0.678. The lowest BCUT2D eigenvalue weighted by atomic mass is 10.1. The number of ketones is 1. The first-order valence-corrected chi connectivity index (χ1v) is 3.82. The Morgan fingerprint density at radius 3 is 2.82 bits per heavy atom.